The van der Waals surface area contributed by atoms with E-state index in [1.54, 1.807) is 13.0 Å². The topological polar surface area (TPSA) is 82.2 Å². The quantitative estimate of drug-likeness (QED) is 0.527. The van der Waals surface area contributed by atoms with Gasteiger partial charge in [0.05, 0.1) is 17.8 Å². The second kappa shape index (κ2) is 8.06. The number of rotatable bonds is 5. The van der Waals surface area contributed by atoms with Crippen LogP contribution in [0, 0.1) is 6.07 Å². The molecule has 6 nitrogen and oxygen atoms in total. The number of amides is 1. The van der Waals surface area contributed by atoms with Crippen LogP contribution >= 0.6 is 0 Å². The zero-order valence-electron chi connectivity index (χ0n) is 16.1. The monoisotopic (exact) mass is 385 g/mol. The fraction of sp³-hybridized carbons (Fsp3) is 0.130. The van der Waals surface area contributed by atoms with E-state index in [0.29, 0.717) is 17.9 Å². The molecule has 0 saturated carbocycles. The Bertz CT molecular complexity index is 1150. The minimum absolute atomic E-state index is 0.221. The molecule has 0 spiro atoms. The Morgan fingerprint density at radius 1 is 1.10 bits per heavy atom. The van der Waals surface area contributed by atoms with Crippen LogP contribution in [0.4, 0.5) is 16.3 Å². The molecule has 6 heteroatoms. The second-order valence-electron chi connectivity index (χ2n) is 6.53. The summed E-state index contributed by atoms with van der Waals surface area (Å²) < 4.78 is 6.95. The van der Waals surface area contributed by atoms with Crippen molar-refractivity contribution in [3.05, 3.63) is 84.1 Å². The molecular formula is C23H21N4O2. The number of nitrogens with one attached hydrogen (secondary N) is 1. The number of nitrogens with two attached hydrogens (primary N) is 1. The predicted octanol–water partition coefficient (Wildman–Crippen LogP) is 4.57. The first-order chi connectivity index (χ1) is 14.2. The molecule has 0 fully saturated rings. The summed E-state index contributed by atoms with van der Waals surface area (Å²) in [5, 5.41) is 3.62. The minimum Gasteiger partial charge on any atom is -0.450 e. The second-order valence-corrected chi connectivity index (χ2v) is 6.53. The van der Waals surface area contributed by atoms with Crippen LogP contribution in [0.15, 0.2) is 66.7 Å². The molecule has 4 aromatic rings. The SMILES string of the molecule is CCOC(=O)Nc1ccc(-n2c(Cc3ccccc3)[c]c3ccccc32)nc1N. The average Bonchev–Trinajstić information content (AvgIpc) is 3.08. The Kier molecular flexibility index (Phi) is 5.16. The summed E-state index contributed by atoms with van der Waals surface area (Å²) in [5.74, 6) is 0.888. The average molecular weight is 385 g/mol. The highest BCUT2D eigenvalue weighted by atomic mass is 16.5. The van der Waals surface area contributed by atoms with Crippen molar-refractivity contribution < 1.29 is 9.53 Å². The number of hydrogen-bond donors (Lipinski definition) is 2. The molecule has 1 radical (unpaired) electrons. The molecule has 0 aliphatic carbocycles. The van der Waals surface area contributed by atoms with Crippen LogP contribution in [-0.4, -0.2) is 22.3 Å². The molecule has 2 aromatic carbocycles. The van der Waals surface area contributed by atoms with Crippen LogP contribution in [0.1, 0.15) is 18.2 Å². The molecule has 3 N–H and O–H groups in total. The first kappa shape index (κ1) is 18.6. The summed E-state index contributed by atoms with van der Waals surface area (Å²) in [6.45, 7) is 2.03. The third-order valence-electron chi connectivity index (χ3n) is 4.56. The minimum atomic E-state index is -0.557. The summed E-state index contributed by atoms with van der Waals surface area (Å²) in [6.07, 6.45) is 0.151. The van der Waals surface area contributed by atoms with Gasteiger partial charge in [0.1, 0.15) is 11.6 Å². The number of pyridine rings is 1. The van der Waals surface area contributed by atoms with Crippen LogP contribution < -0.4 is 11.1 Å². The highest BCUT2D eigenvalue weighted by Crippen LogP contribution is 2.27. The van der Waals surface area contributed by atoms with Gasteiger partial charge in [-0.3, -0.25) is 9.88 Å². The van der Waals surface area contributed by atoms with E-state index in [1.807, 2.05) is 53.1 Å². The molecule has 0 aliphatic rings. The highest BCUT2D eigenvalue weighted by molar-refractivity contribution is 5.88. The Morgan fingerprint density at radius 2 is 1.86 bits per heavy atom. The number of anilines is 2. The van der Waals surface area contributed by atoms with Gasteiger partial charge in [0.2, 0.25) is 0 Å². The Labute approximate surface area is 168 Å². The molecule has 0 bridgehead atoms. The number of benzene rings is 2. The largest absolute Gasteiger partial charge is 0.450 e. The van der Waals surface area contributed by atoms with E-state index in [0.717, 1.165) is 16.6 Å². The molecule has 2 heterocycles. The van der Waals surface area contributed by atoms with Gasteiger partial charge in [0, 0.05) is 23.6 Å². The number of para-hydroxylation sites is 1. The van der Waals surface area contributed by atoms with Gasteiger partial charge in [-0.05, 0) is 30.7 Å². The lowest BCUT2D eigenvalue weighted by Crippen LogP contribution is -2.15. The maximum absolute atomic E-state index is 11.7. The summed E-state index contributed by atoms with van der Waals surface area (Å²) >= 11 is 0. The number of ether oxygens (including phenoxy) is 1. The third kappa shape index (κ3) is 3.91. The van der Waals surface area contributed by atoms with Crippen molar-refractivity contribution in [2.75, 3.05) is 17.7 Å². The van der Waals surface area contributed by atoms with E-state index >= 15 is 0 Å². The van der Waals surface area contributed by atoms with Gasteiger partial charge in [-0.2, -0.15) is 0 Å². The van der Waals surface area contributed by atoms with Gasteiger partial charge in [0.15, 0.2) is 0 Å². The number of aromatic nitrogens is 2. The zero-order chi connectivity index (χ0) is 20.2. The van der Waals surface area contributed by atoms with Crippen LogP contribution in [0.2, 0.25) is 0 Å². The molecule has 0 saturated heterocycles. The summed E-state index contributed by atoms with van der Waals surface area (Å²) in [6, 6.07) is 25.3. The number of fused-ring (bicyclic) bond motifs is 1. The predicted molar refractivity (Wildman–Crippen MR) is 114 cm³/mol. The number of carbonyl (C=O) groups excluding carboxylic acids is 1. The molecule has 1 amide bonds. The molecule has 2 aromatic heterocycles. The van der Waals surface area contributed by atoms with Crippen LogP contribution in [0.3, 0.4) is 0 Å². The third-order valence-corrected chi connectivity index (χ3v) is 4.56. The van der Waals surface area contributed by atoms with E-state index < -0.39 is 6.09 Å². The lowest BCUT2D eigenvalue weighted by Gasteiger charge is -2.13. The summed E-state index contributed by atoms with van der Waals surface area (Å²) in [5.41, 5.74) is 9.69. The van der Waals surface area contributed by atoms with Crippen molar-refractivity contribution in [1.82, 2.24) is 9.55 Å². The fourth-order valence-corrected chi connectivity index (χ4v) is 3.28. The maximum Gasteiger partial charge on any atom is 0.411 e. The lowest BCUT2D eigenvalue weighted by molar-refractivity contribution is 0.168. The Hall–Kier alpha value is -3.80. The van der Waals surface area contributed by atoms with E-state index in [9.17, 15) is 4.79 Å². The molecule has 4 rings (SSSR count). The fourth-order valence-electron chi connectivity index (χ4n) is 3.28. The maximum atomic E-state index is 11.7. The van der Waals surface area contributed by atoms with Crippen molar-refractivity contribution in [2.24, 2.45) is 0 Å². The first-order valence-electron chi connectivity index (χ1n) is 9.42. The Morgan fingerprint density at radius 3 is 2.62 bits per heavy atom. The van der Waals surface area contributed by atoms with E-state index in [2.05, 4.69) is 28.5 Å². The molecular weight excluding hydrogens is 364 g/mol. The van der Waals surface area contributed by atoms with E-state index in [1.165, 1.54) is 5.56 Å². The van der Waals surface area contributed by atoms with E-state index in [4.69, 9.17) is 10.5 Å². The van der Waals surface area contributed by atoms with Crippen molar-refractivity contribution in [3.63, 3.8) is 0 Å². The van der Waals surface area contributed by atoms with Crippen molar-refractivity contribution in [3.8, 4) is 5.82 Å². The Balaban J connectivity index is 1.75. The van der Waals surface area contributed by atoms with Crippen LogP contribution in [0.25, 0.3) is 16.7 Å². The van der Waals surface area contributed by atoms with Gasteiger partial charge in [0.25, 0.3) is 0 Å². The summed E-state index contributed by atoms with van der Waals surface area (Å²) in [7, 11) is 0. The first-order valence-corrected chi connectivity index (χ1v) is 9.42. The van der Waals surface area contributed by atoms with Crippen molar-refractivity contribution in [1.29, 1.82) is 0 Å². The van der Waals surface area contributed by atoms with E-state index in [-0.39, 0.29) is 12.4 Å². The number of nitrogen functional groups attached to an aromatic ring is 1. The molecule has 0 atom stereocenters. The van der Waals surface area contributed by atoms with Gasteiger partial charge >= 0.3 is 6.09 Å². The van der Waals surface area contributed by atoms with Crippen LogP contribution in [-0.2, 0) is 11.2 Å². The van der Waals surface area contributed by atoms with Crippen molar-refractivity contribution >= 4 is 28.5 Å². The molecule has 29 heavy (non-hydrogen) atoms. The smallest absolute Gasteiger partial charge is 0.411 e. The van der Waals surface area contributed by atoms with Crippen molar-refractivity contribution in [2.45, 2.75) is 13.3 Å². The van der Waals surface area contributed by atoms with Gasteiger partial charge in [-0.1, -0.05) is 48.5 Å². The van der Waals surface area contributed by atoms with Gasteiger partial charge in [-0.25, -0.2) is 9.78 Å². The number of carbonyl (C=O) groups is 1. The lowest BCUT2D eigenvalue weighted by atomic mass is 10.1. The molecule has 0 aliphatic heterocycles. The summed E-state index contributed by atoms with van der Waals surface area (Å²) in [4.78, 5) is 16.2. The number of hydrogen-bond acceptors (Lipinski definition) is 4. The molecule has 0 unspecified atom stereocenters. The van der Waals surface area contributed by atoms with Gasteiger partial charge in [-0.15, -0.1) is 0 Å². The van der Waals surface area contributed by atoms with Gasteiger partial charge < -0.3 is 10.5 Å². The number of nitrogens with zero attached hydrogens (tertiary/aromatic N) is 2. The normalized spacial score (nSPS) is 10.8. The standard InChI is InChI=1S/C23H21N4O2/c1-2-29-23(28)25-19-12-13-21(26-22(19)24)27-18(14-16-8-4-3-5-9-16)15-17-10-6-7-11-20(17)27/h3-13H,2,14H2,1H3,(H2,24,26)(H,25,28). The molecule has 145 valence electrons. The zero-order valence-corrected chi connectivity index (χ0v) is 16.1. The highest BCUT2D eigenvalue weighted by Gasteiger charge is 2.14. The van der Waals surface area contributed by atoms with Crippen LogP contribution in [0.5, 0.6) is 0 Å².